The minimum absolute atomic E-state index is 0.355. The zero-order valence-corrected chi connectivity index (χ0v) is 12.7. The summed E-state index contributed by atoms with van der Waals surface area (Å²) in [7, 11) is 0. The third-order valence-corrected chi connectivity index (χ3v) is 4.21. The molecular formula is C17H18O2S. The normalized spacial score (nSPS) is 10.8. The van der Waals surface area contributed by atoms with Gasteiger partial charge in [0.15, 0.2) is 0 Å². The highest BCUT2D eigenvalue weighted by Crippen LogP contribution is 2.32. The third kappa shape index (κ3) is 3.42. The van der Waals surface area contributed by atoms with E-state index < -0.39 is 5.97 Å². The van der Waals surface area contributed by atoms with Gasteiger partial charge in [0.2, 0.25) is 0 Å². The van der Waals surface area contributed by atoms with Crippen LogP contribution in [0, 0.1) is 6.92 Å². The van der Waals surface area contributed by atoms with Gasteiger partial charge in [-0.05, 0) is 48.2 Å². The van der Waals surface area contributed by atoms with Crippen molar-refractivity contribution in [2.24, 2.45) is 0 Å². The molecule has 0 spiro atoms. The monoisotopic (exact) mass is 286 g/mol. The van der Waals surface area contributed by atoms with E-state index in [0.29, 0.717) is 11.5 Å². The molecule has 0 saturated carbocycles. The maximum Gasteiger partial charge on any atom is 0.336 e. The van der Waals surface area contributed by atoms with Gasteiger partial charge in [0, 0.05) is 9.79 Å². The summed E-state index contributed by atoms with van der Waals surface area (Å²) < 4.78 is 0. The van der Waals surface area contributed by atoms with Crippen LogP contribution in [0.1, 0.15) is 41.3 Å². The number of hydrogen-bond acceptors (Lipinski definition) is 2. The largest absolute Gasteiger partial charge is 0.478 e. The highest BCUT2D eigenvalue weighted by atomic mass is 32.2. The first-order chi connectivity index (χ1) is 9.47. The number of carbonyl (C=O) groups is 1. The number of benzene rings is 2. The summed E-state index contributed by atoms with van der Waals surface area (Å²) in [5.74, 6) is -0.381. The predicted molar refractivity (Wildman–Crippen MR) is 82.8 cm³/mol. The molecule has 0 aliphatic rings. The lowest BCUT2D eigenvalue weighted by molar-refractivity contribution is 0.0693. The molecule has 20 heavy (non-hydrogen) atoms. The van der Waals surface area contributed by atoms with Crippen LogP contribution in [0.5, 0.6) is 0 Å². The Morgan fingerprint density at radius 3 is 2.30 bits per heavy atom. The van der Waals surface area contributed by atoms with Crippen LogP contribution in [-0.2, 0) is 0 Å². The van der Waals surface area contributed by atoms with Gasteiger partial charge in [-0.3, -0.25) is 0 Å². The van der Waals surface area contributed by atoms with E-state index in [2.05, 4.69) is 26.0 Å². The van der Waals surface area contributed by atoms with Crippen molar-refractivity contribution in [3.8, 4) is 0 Å². The van der Waals surface area contributed by atoms with Gasteiger partial charge in [0.25, 0.3) is 0 Å². The number of carboxylic acid groups (broad SMARTS) is 1. The maximum atomic E-state index is 11.3. The van der Waals surface area contributed by atoms with E-state index in [0.717, 1.165) is 15.4 Å². The molecule has 0 aliphatic heterocycles. The molecule has 2 rings (SSSR count). The van der Waals surface area contributed by atoms with Crippen molar-refractivity contribution in [1.29, 1.82) is 0 Å². The molecule has 0 saturated heterocycles. The van der Waals surface area contributed by atoms with Gasteiger partial charge < -0.3 is 5.11 Å². The Kier molecular flexibility index (Phi) is 4.50. The van der Waals surface area contributed by atoms with Crippen LogP contribution in [0.4, 0.5) is 0 Å². The summed E-state index contributed by atoms with van der Waals surface area (Å²) in [5, 5.41) is 9.24. The number of aromatic carboxylic acids is 1. The fourth-order valence-corrected chi connectivity index (χ4v) is 2.97. The van der Waals surface area contributed by atoms with Crippen LogP contribution in [0.2, 0.25) is 0 Å². The maximum absolute atomic E-state index is 11.3. The first-order valence-corrected chi connectivity index (χ1v) is 7.41. The van der Waals surface area contributed by atoms with Crippen molar-refractivity contribution in [3.05, 3.63) is 59.2 Å². The summed E-state index contributed by atoms with van der Waals surface area (Å²) >= 11 is 1.50. The quantitative estimate of drug-likeness (QED) is 0.862. The molecule has 0 aromatic heterocycles. The average Bonchev–Trinajstić information content (AvgIpc) is 2.39. The first-order valence-electron chi connectivity index (χ1n) is 6.59. The summed E-state index contributed by atoms with van der Waals surface area (Å²) in [6, 6.07) is 13.7. The Hall–Kier alpha value is -1.74. The molecule has 0 amide bonds. The van der Waals surface area contributed by atoms with Gasteiger partial charge in [-0.1, -0.05) is 43.8 Å². The molecule has 0 fully saturated rings. The number of carboxylic acids is 1. The molecule has 0 unspecified atom stereocenters. The fraction of sp³-hybridized carbons (Fsp3) is 0.235. The van der Waals surface area contributed by atoms with Crippen LogP contribution in [0.15, 0.2) is 52.3 Å². The van der Waals surface area contributed by atoms with E-state index in [4.69, 9.17) is 0 Å². The Morgan fingerprint density at radius 1 is 1.10 bits per heavy atom. The Bertz CT molecular complexity index is 615. The lowest BCUT2D eigenvalue weighted by Crippen LogP contribution is -1.99. The molecule has 0 radical (unpaired) electrons. The molecule has 104 valence electrons. The summed E-state index contributed by atoms with van der Waals surface area (Å²) in [6.45, 7) is 6.29. The molecule has 3 heteroatoms. The molecule has 1 N–H and O–H groups in total. The molecular weight excluding hydrogens is 268 g/mol. The summed E-state index contributed by atoms with van der Waals surface area (Å²) in [4.78, 5) is 13.1. The average molecular weight is 286 g/mol. The minimum Gasteiger partial charge on any atom is -0.478 e. The van der Waals surface area contributed by atoms with Crippen LogP contribution < -0.4 is 0 Å². The molecule has 2 nitrogen and oxygen atoms in total. The number of hydrogen-bond donors (Lipinski definition) is 1. The second kappa shape index (κ2) is 6.14. The van der Waals surface area contributed by atoms with E-state index in [1.807, 2.05) is 31.2 Å². The van der Waals surface area contributed by atoms with Gasteiger partial charge in [0.1, 0.15) is 0 Å². The highest BCUT2D eigenvalue weighted by molar-refractivity contribution is 7.99. The van der Waals surface area contributed by atoms with Crippen molar-refractivity contribution in [1.82, 2.24) is 0 Å². The zero-order chi connectivity index (χ0) is 14.7. The molecule has 0 heterocycles. The van der Waals surface area contributed by atoms with Crippen molar-refractivity contribution in [2.45, 2.75) is 36.5 Å². The molecule has 0 aliphatic carbocycles. The van der Waals surface area contributed by atoms with Gasteiger partial charge in [-0.15, -0.1) is 0 Å². The Balaban J connectivity index is 2.29. The molecule has 2 aromatic rings. The van der Waals surface area contributed by atoms with Crippen LogP contribution in [-0.4, -0.2) is 11.1 Å². The lowest BCUT2D eigenvalue weighted by Gasteiger charge is -2.09. The SMILES string of the molecule is Cc1ccc(C(=O)O)c(Sc2ccc(C(C)C)cc2)c1. The Labute approximate surface area is 123 Å². The lowest BCUT2D eigenvalue weighted by atomic mass is 10.0. The van der Waals surface area contributed by atoms with Gasteiger partial charge in [-0.2, -0.15) is 0 Å². The van der Waals surface area contributed by atoms with Crippen molar-refractivity contribution < 1.29 is 9.90 Å². The van der Waals surface area contributed by atoms with Crippen LogP contribution in [0.3, 0.4) is 0 Å². The van der Waals surface area contributed by atoms with Crippen molar-refractivity contribution >= 4 is 17.7 Å². The van der Waals surface area contributed by atoms with Gasteiger partial charge in [0.05, 0.1) is 5.56 Å². The van der Waals surface area contributed by atoms with E-state index in [1.54, 1.807) is 6.07 Å². The second-order valence-corrected chi connectivity index (χ2v) is 6.25. The minimum atomic E-state index is -0.883. The number of aryl methyl sites for hydroxylation is 1. The highest BCUT2D eigenvalue weighted by Gasteiger charge is 2.11. The van der Waals surface area contributed by atoms with E-state index in [9.17, 15) is 9.90 Å². The topological polar surface area (TPSA) is 37.3 Å². The first kappa shape index (κ1) is 14.7. The number of rotatable bonds is 4. The molecule has 0 bridgehead atoms. The van der Waals surface area contributed by atoms with E-state index in [-0.39, 0.29) is 0 Å². The van der Waals surface area contributed by atoms with E-state index in [1.165, 1.54) is 17.3 Å². The zero-order valence-electron chi connectivity index (χ0n) is 11.9. The van der Waals surface area contributed by atoms with Crippen molar-refractivity contribution in [3.63, 3.8) is 0 Å². The molecule has 2 aromatic carbocycles. The summed E-state index contributed by atoms with van der Waals surface area (Å²) in [6.07, 6.45) is 0. The van der Waals surface area contributed by atoms with Crippen LogP contribution in [0.25, 0.3) is 0 Å². The van der Waals surface area contributed by atoms with E-state index >= 15 is 0 Å². The third-order valence-electron chi connectivity index (χ3n) is 3.14. The summed E-state index contributed by atoms with van der Waals surface area (Å²) in [5.41, 5.74) is 2.71. The van der Waals surface area contributed by atoms with Crippen molar-refractivity contribution in [2.75, 3.05) is 0 Å². The van der Waals surface area contributed by atoms with Gasteiger partial charge >= 0.3 is 5.97 Å². The fourth-order valence-electron chi connectivity index (χ4n) is 1.94. The van der Waals surface area contributed by atoms with Gasteiger partial charge in [-0.25, -0.2) is 4.79 Å². The second-order valence-electron chi connectivity index (χ2n) is 5.13. The Morgan fingerprint density at radius 2 is 1.75 bits per heavy atom. The smallest absolute Gasteiger partial charge is 0.336 e. The standard InChI is InChI=1S/C17H18O2S/c1-11(2)13-5-7-14(8-6-13)20-16-10-12(3)4-9-15(16)17(18)19/h4-11H,1-3H3,(H,18,19). The molecule has 0 atom stereocenters. The van der Waals surface area contributed by atoms with Crippen LogP contribution >= 0.6 is 11.8 Å². The predicted octanol–water partition coefficient (Wildman–Crippen LogP) is 4.97.